The SMILES string of the molecule is COc1cc(Br)ccc1C(=O)NCC(C)(C)N.Cl. The maximum atomic E-state index is 11.9. The summed E-state index contributed by atoms with van der Waals surface area (Å²) in [4.78, 5) is 11.9. The maximum absolute atomic E-state index is 11.9. The summed E-state index contributed by atoms with van der Waals surface area (Å²) < 4.78 is 6.02. The first kappa shape index (κ1) is 17.2. The number of nitrogens with one attached hydrogen (secondary N) is 1. The van der Waals surface area contributed by atoms with E-state index >= 15 is 0 Å². The fourth-order valence-electron chi connectivity index (χ4n) is 1.26. The minimum atomic E-state index is -0.432. The summed E-state index contributed by atoms with van der Waals surface area (Å²) in [5, 5.41) is 2.77. The second-order valence-electron chi connectivity index (χ2n) is 4.52. The average Bonchev–Trinajstić information content (AvgIpc) is 2.24. The first-order valence-corrected chi connectivity index (χ1v) is 6.03. The molecule has 1 aromatic carbocycles. The Morgan fingerprint density at radius 1 is 1.50 bits per heavy atom. The van der Waals surface area contributed by atoms with Crippen LogP contribution in [0.4, 0.5) is 0 Å². The van der Waals surface area contributed by atoms with Crippen LogP contribution < -0.4 is 15.8 Å². The molecule has 18 heavy (non-hydrogen) atoms. The number of rotatable bonds is 4. The lowest BCUT2D eigenvalue weighted by Gasteiger charge is -2.19. The number of hydrogen-bond acceptors (Lipinski definition) is 3. The van der Waals surface area contributed by atoms with Crippen molar-refractivity contribution in [3.05, 3.63) is 28.2 Å². The number of nitrogens with two attached hydrogens (primary N) is 1. The average molecular weight is 338 g/mol. The van der Waals surface area contributed by atoms with Crippen molar-refractivity contribution < 1.29 is 9.53 Å². The molecule has 0 fully saturated rings. The van der Waals surface area contributed by atoms with Crippen LogP contribution in [0.3, 0.4) is 0 Å². The van der Waals surface area contributed by atoms with Gasteiger partial charge in [-0.25, -0.2) is 0 Å². The number of halogens is 2. The van der Waals surface area contributed by atoms with Crippen molar-refractivity contribution in [2.45, 2.75) is 19.4 Å². The summed E-state index contributed by atoms with van der Waals surface area (Å²) in [6.45, 7) is 4.11. The van der Waals surface area contributed by atoms with E-state index in [-0.39, 0.29) is 18.3 Å². The first-order valence-electron chi connectivity index (χ1n) is 5.24. The molecule has 0 radical (unpaired) electrons. The van der Waals surface area contributed by atoms with Crippen molar-refractivity contribution in [3.8, 4) is 5.75 Å². The Morgan fingerprint density at radius 2 is 2.11 bits per heavy atom. The third-order valence-corrected chi connectivity index (χ3v) is 2.61. The highest BCUT2D eigenvalue weighted by molar-refractivity contribution is 9.10. The Labute approximate surface area is 122 Å². The summed E-state index contributed by atoms with van der Waals surface area (Å²) >= 11 is 3.33. The molecule has 0 heterocycles. The van der Waals surface area contributed by atoms with Crippen molar-refractivity contribution in [2.75, 3.05) is 13.7 Å². The van der Waals surface area contributed by atoms with Gasteiger partial charge in [0.15, 0.2) is 0 Å². The lowest BCUT2D eigenvalue weighted by molar-refractivity contribution is 0.0943. The van der Waals surface area contributed by atoms with Gasteiger partial charge in [-0.05, 0) is 32.0 Å². The quantitative estimate of drug-likeness (QED) is 0.886. The van der Waals surface area contributed by atoms with Crippen LogP contribution in [-0.4, -0.2) is 25.1 Å². The lowest BCUT2D eigenvalue weighted by Crippen LogP contribution is -2.45. The molecule has 0 aliphatic heterocycles. The molecule has 3 N–H and O–H groups in total. The third kappa shape index (κ3) is 5.25. The number of ether oxygens (including phenoxy) is 1. The number of hydrogen-bond donors (Lipinski definition) is 2. The van der Waals surface area contributed by atoms with Gasteiger partial charge >= 0.3 is 0 Å². The largest absolute Gasteiger partial charge is 0.496 e. The van der Waals surface area contributed by atoms with Crippen molar-refractivity contribution in [1.82, 2.24) is 5.32 Å². The summed E-state index contributed by atoms with van der Waals surface area (Å²) in [5.74, 6) is 0.347. The normalized spacial score (nSPS) is 10.5. The van der Waals surface area contributed by atoms with Gasteiger partial charge in [-0.3, -0.25) is 4.79 Å². The zero-order valence-corrected chi connectivity index (χ0v) is 13.0. The molecule has 0 atom stereocenters. The molecule has 1 amide bonds. The van der Waals surface area contributed by atoms with E-state index in [9.17, 15) is 4.79 Å². The molecule has 102 valence electrons. The minimum absolute atomic E-state index is 0. The van der Waals surface area contributed by atoms with Crippen LogP contribution in [0.1, 0.15) is 24.2 Å². The predicted molar refractivity (Wildman–Crippen MR) is 78.5 cm³/mol. The predicted octanol–water partition coefficient (Wildman–Crippen LogP) is 2.35. The number of carbonyl (C=O) groups is 1. The maximum Gasteiger partial charge on any atom is 0.255 e. The Hall–Kier alpha value is -0.780. The lowest BCUT2D eigenvalue weighted by atomic mass is 10.1. The van der Waals surface area contributed by atoms with Crippen LogP contribution in [0.25, 0.3) is 0 Å². The Bertz CT molecular complexity index is 419. The van der Waals surface area contributed by atoms with E-state index in [1.807, 2.05) is 13.8 Å². The third-order valence-electron chi connectivity index (χ3n) is 2.11. The molecule has 0 aliphatic carbocycles. The van der Waals surface area contributed by atoms with Gasteiger partial charge in [0.05, 0.1) is 12.7 Å². The number of methoxy groups -OCH3 is 1. The Balaban J connectivity index is 0.00000289. The van der Waals surface area contributed by atoms with Gasteiger partial charge < -0.3 is 15.8 Å². The van der Waals surface area contributed by atoms with Crippen molar-refractivity contribution in [1.29, 1.82) is 0 Å². The summed E-state index contributed by atoms with van der Waals surface area (Å²) in [7, 11) is 1.53. The second-order valence-corrected chi connectivity index (χ2v) is 5.43. The van der Waals surface area contributed by atoms with E-state index in [0.29, 0.717) is 17.9 Å². The summed E-state index contributed by atoms with van der Waals surface area (Å²) in [5.41, 5.74) is 5.87. The van der Waals surface area contributed by atoms with E-state index in [2.05, 4.69) is 21.2 Å². The molecule has 0 spiro atoms. The molecule has 1 aromatic rings. The Morgan fingerprint density at radius 3 is 2.61 bits per heavy atom. The van der Waals surface area contributed by atoms with Gasteiger partial charge in [-0.2, -0.15) is 0 Å². The van der Waals surface area contributed by atoms with Crippen LogP contribution >= 0.6 is 28.3 Å². The molecule has 0 saturated carbocycles. The van der Waals surface area contributed by atoms with Crippen molar-refractivity contribution in [2.24, 2.45) is 5.73 Å². The highest BCUT2D eigenvalue weighted by Crippen LogP contribution is 2.23. The molecule has 1 rings (SSSR count). The zero-order chi connectivity index (χ0) is 13.1. The fraction of sp³-hybridized carbons (Fsp3) is 0.417. The van der Waals surface area contributed by atoms with Gasteiger partial charge in [-0.15, -0.1) is 12.4 Å². The molecular weight excluding hydrogens is 320 g/mol. The van der Waals surface area contributed by atoms with E-state index in [1.54, 1.807) is 18.2 Å². The topological polar surface area (TPSA) is 64.3 Å². The first-order chi connectivity index (χ1) is 7.83. The van der Waals surface area contributed by atoms with E-state index in [0.717, 1.165) is 4.47 Å². The highest BCUT2D eigenvalue weighted by Gasteiger charge is 2.16. The number of amides is 1. The summed E-state index contributed by atoms with van der Waals surface area (Å²) in [6, 6.07) is 5.26. The zero-order valence-electron chi connectivity index (χ0n) is 10.6. The number of benzene rings is 1. The van der Waals surface area contributed by atoms with Crippen molar-refractivity contribution >= 4 is 34.2 Å². The Kier molecular flexibility index (Phi) is 6.67. The standard InChI is InChI=1S/C12H17BrN2O2.ClH/c1-12(2,14)7-15-11(16)9-5-4-8(13)6-10(9)17-3;/h4-6H,7,14H2,1-3H3,(H,15,16);1H. The molecule has 0 aliphatic rings. The van der Waals surface area contributed by atoms with Crippen LogP contribution in [-0.2, 0) is 0 Å². The smallest absolute Gasteiger partial charge is 0.255 e. The van der Waals surface area contributed by atoms with Gasteiger partial charge in [0.2, 0.25) is 0 Å². The number of carbonyl (C=O) groups excluding carboxylic acids is 1. The van der Waals surface area contributed by atoms with Crippen molar-refractivity contribution in [3.63, 3.8) is 0 Å². The molecule has 0 aromatic heterocycles. The molecule has 0 bridgehead atoms. The van der Waals surface area contributed by atoms with Gasteiger partial charge in [0, 0.05) is 16.6 Å². The van der Waals surface area contributed by atoms with Crippen LogP contribution in [0.15, 0.2) is 22.7 Å². The fourth-order valence-corrected chi connectivity index (χ4v) is 1.60. The van der Waals surface area contributed by atoms with Gasteiger partial charge in [-0.1, -0.05) is 15.9 Å². The minimum Gasteiger partial charge on any atom is -0.496 e. The molecule has 4 nitrogen and oxygen atoms in total. The highest BCUT2D eigenvalue weighted by atomic mass is 79.9. The monoisotopic (exact) mass is 336 g/mol. The molecular formula is C12H18BrClN2O2. The van der Waals surface area contributed by atoms with E-state index < -0.39 is 5.54 Å². The van der Waals surface area contributed by atoms with E-state index in [4.69, 9.17) is 10.5 Å². The van der Waals surface area contributed by atoms with Gasteiger partial charge in [0.25, 0.3) is 5.91 Å². The molecule has 0 saturated heterocycles. The van der Waals surface area contributed by atoms with Crippen LogP contribution in [0.2, 0.25) is 0 Å². The second kappa shape index (κ2) is 6.97. The van der Waals surface area contributed by atoms with Crippen LogP contribution in [0, 0.1) is 0 Å². The van der Waals surface area contributed by atoms with E-state index in [1.165, 1.54) is 7.11 Å². The van der Waals surface area contributed by atoms with Gasteiger partial charge in [0.1, 0.15) is 5.75 Å². The molecule has 0 unspecified atom stereocenters. The summed E-state index contributed by atoms with van der Waals surface area (Å²) in [6.07, 6.45) is 0. The van der Waals surface area contributed by atoms with Crippen LogP contribution in [0.5, 0.6) is 5.75 Å². The molecule has 6 heteroatoms.